The molecule has 3 N–H and O–H groups in total. The van der Waals surface area contributed by atoms with Crippen LogP contribution in [0.3, 0.4) is 0 Å². The maximum Gasteiger partial charge on any atom is 0.227 e. The maximum atomic E-state index is 12.8. The van der Waals surface area contributed by atoms with Gasteiger partial charge in [-0.25, -0.2) is 4.98 Å². The quantitative estimate of drug-likeness (QED) is 0.741. The van der Waals surface area contributed by atoms with Gasteiger partial charge in [0.15, 0.2) is 0 Å². The molecular weight excluding hydrogens is 348 g/mol. The topological polar surface area (TPSA) is 75.0 Å². The summed E-state index contributed by atoms with van der Waals surface area (Å²) < 4.78 is 0. The number of likely N-dealkylation sites (tertiary alicyclic amines) is 1. The third-order valence-corrected chi connectivity index (χ3v) is 5.20. The number of benzene rings is 1. The number of halogens is 1. The van der Waals surface area contributed by atoms with Crippen molar-refractivity contribution >= 4 is 29.3 Å². The number of nitrogens with two attached hydrogens (primary N) is 1. The van der Waals surface area contributed by atoms with Gasteiger partial charge in [0.25, 0.3) is 0 Å². The molecule has 0 radical (unpaired) electrons. The van der Waals surface area contributed by atoms with Crippen molar-refractivity contribution in [2.75, 3.05) is 19.6 Å². The molecule has 26 heavy (non-hydrogen) atoms. The van der Waals surface area contributed by atoms with Crippen LogP contribution in [-0.2, 0) is 11.2 Å². The first-order valence-corrected chi connectivity index (χ1v) is 8.70. The van der Waals surface area contributed by atoms with E-state index < -0.39 is 0 Å². The van der Waals surface area contributed by atoms with Crippen molar-refractivity contribution in [3.63, 3.8) is 0 Å². The SMILES string of the molecule is Cl.NC[C@@H]1CN(C(=O)Cc2c[nH]c3ncccc23)C[C@H]1c1ccccc1. The van der Waals surface area contributed by atoms with Crippen LogP contribution in [0.5, 0.6) is 0 Å². The highest BCUT2D eigenvalue weighted by molar-refractivity contribution is 5.87. The Balaban J connectivity index is 0.00000196. The number of nitrogens with one attached hydrogen (secondary N) is 1. The van der Waals surface area contributed by atoms with Crippen LogP contribution in [0.1, 0.15) is 17.0 Å². The number of carbonyl (C=O) groups is 1. The highest BCUT2D eigenvalue weighted by Crippen LogP contribution is 2.32. The molecule has 3 aromatic rings. The van der Waals surface area contributed by atoms with Crippen LogP contribution in [0.2, 0.25) is 0 Å². The Bertz CT molecular complexity index is 880. The van der Waals surface area contributed by atoms with Crippen LogP contribution in [0.25, 0.3) is 11.0 Å². The van der Waals surface area contributed by atoms with Gasteiger partial charge < -0.3 is 15.6 Å². The van der Waals surface area contributed by atoms with Crippen molar-refractivity contribution in [2.24, 2.45) is 11.7 Å². The standard InChI is InChI=1S/C20H22N4O.ClH/c21-10-16-12-24(13-18(16)14-5-2-1-3-6-14)19(25)9-15-11-23-20-17(15)7-4-8-22-20;/h1-8,11,16,18H,9-10,12-13,21H2,(H,22,23);1H/t16-,18+;/m1./s1. The minimum atomic E-state index is 0. The number of rotatable bonds is 4. The Hall–Kier alpha value is -2.37. The van der Waals surface area contributed by atoms with Crippen molar-refractivity contribution in [3.05, 3.63) is 66.0 Å². The molecule has 0 bridgehead atoms. The van der Waals surface area contributed by atoms with Crippen molar-refractivity contribution in [2.45, 2.75) is 12.3 Å². The first kappa shape index (κ1) is 18.4. The van der Waals surface area contributed by atoms with Gasteiger partial charge in [-0.05, 0) is 35.7 Å². The molecule has 1 aliphatic rings. The lowest BCUT2D eigenvalue weighted by Crippen LogP contribution is -2.31. The van der Waals surface area contributed by atoms with E-state index in [1.54, 1.807) is 6.20 Å². The number of hydrogen-bond donors (Lipinski definition) is 2. The molecule has 5 nitrogen and oxygen atoms in total. The highest BCUT2D eigenvalue weighted by Gasteiger charge is 2.35. The molecule has 0 spiro atoms. The van der Waals surface area contributed by atoms with Gasteiger partial charge in [-0.3, -0.25) is 4.79 Å². The Kier molecular flexibility index (Phi) is 5.59. The van der Waals surface area contributed by atoms with Crippen LogP contribution in [-0.4, -0.2) is 40.4 Å². The highest BCUT2D eigenvalue weighted by atomic mass is 35.5. The summed E-state index contributed by atoms with van der Waals surface area (Å²) in [5, 5.41) is 1.02. The van der Waals surface area contributed by atoms with Crippen molar-refractivity contribution in [1.82, 2.24) is 14.9 Å². The normalized spacial score (nSPS) is 19.5. The molecule has 0 unspecified atom stereocenters. The molecule has 0 saturated carbocycles. The van der Waals surface area contributed by atoms with Crippen LogP contribution in [0.4, 0.5) is 0 Å². The molecule has 2 aromatic heterocycles. The van der Waals surface area contributed by atoms with E-state index >= 15 is 0 Å². The van der Waals surface area contributed by atoms with Crippen LogP contribution in [0.15, 0.2) is 54.9 Å². The van der Waals surface area contributed by atoms with E-state index in [9.17, 15) is 4.79 Å². The number of nitrogens with zero attached hydrogens (tertiary/aromatic N) is 2. The van der Waals surface area contributed by atoms with Gasteiger partial charge in [-0.1, -0.05) is 30.3 Å². The fourth-order valence-electron chi connectivity index (χ4n) is 3.83. The van der Waals surface area contributed by atoms with E-state index in [1.165, 1.54) is 5.56 Å². The average molecular weight is 371 g/mol. The van der Waals surface area contributed by atoms with E-state index in [-0.39, 0.29) is 18.3 Å². The second kappa shape index (κ2) is 7.89. The number of fused-ring (bicyclic) bond motifs is 1. The molecule has 1 aromatic carbocycles. The lowest BCUT2D eigenvalue weighted by atomic mass is 9.89. The van der Waals surface area contributed by atoms with Gasteiger partial charge in [0, 0.05) is 36.8 Å². The largest absolute Gasteiger partial charge is 0.346 e. The number of aromatic amines is 1. The minimum Gasteiger partial charge on any atom is -0.346 e. The molecule has 3 heterocycles. The monoisotopic (exact) mass is 370 g/mol. The first-order valence-electron chi connectivity index (χ1n) is 8.70. The summed E-state index contributed by atoms with van der Waals surface area (Å²) >= 11 is 0. The van der Waals surface area contributed by atoms with Crippen LogP contribution in [0, 0.1) is 5.92 Å². The number of hydrogen-bond acceptors (Lipinski definition) is 3. The van der Waals surface area contributed by atoms with E-state index in [0.29, 0.717) is 24.8 Å². The summed E-state index contributed by atoms with van der Waals surface area (Å²) in [7, 11) is 0. The van der Waals surface area contributed by atoms with Crippen molar-refractivity contribution in [1.29, 1.82) is 0 Å². The fourth-order valence-corrected chi connectivity index (χ4v) is 3.83. The summed E-state index contributed by atoms with van der Waals surface area (Å²) in [6.07, 6.45) is 4.03. The van der Waals surface area contributed by atoms with Gasteiger partial charge in [0.05, 0.1) is 6.42 Å². The zero-order valence-electron chi connectivity index (χ0n) is 14.5. The van der Waals surface area contributed by atoms with Gasteiger partial charge >= 0.3 is 0 Å². The summed E-state index contributed by atoms with van der Waals surface area (Å²) in [5.74, 6) is 0.789. The third kappa shape index (κ3) is 3.45. The van der Waals surface area contributed by atoms with Gasteiger partial charge in [0.1, 0.15) is 5.65 Å². The third-order valence-electron chi connectivity index (χ3n) is 5.20. The molecule has 2 atom stereocenters. The number of aromatic nitrogens is 2. The second-order valence-corrected chi connectivity index (χ2v) is 6.70. The summed E-state index contributed by atoms with van der Waals surface area (Å²) in [6, 6.07) is 14.3. The Morgan fingerprint density at radius 1 is 1.19 bits per heavy atom. The number of pyridine rings is 1. The van der Waals surface area contributed by atoms with Gasteiger partial charge in [-0.2, -0.15) is 0 Å². The molecule has 1 saturated heterocycles. The van der Waals surface area contributed by atoms with Crippen molar-refractivity contribution < 1.29 is 4.79 Å². The molecule has 1 amide bonds. The average Bonchev–Trinajstić information content (AvgIpc) is 3.27. The Morgan fingerprint density at radius 2 is 2.00 bits per heavy atom. The number of amides is 1. The smallest absolute Gasteiger partial charge is 0.227 e. The predicted molar refractivity (Wildman–Crippen MR) is 105 cm³/mol. The predicted octanol–water partition coefficient (Wildman–Crippen LogP) is 2.73. The molecule has 4 rings (SSSR count). The Morgan fingerprint density at radius 3 is 2.77 bits per heavy atom. The molecule has 136 valence electrons. The van der Waals surface area contributed by atoms with E-state index in [4.69, 9.17) is 5.73 Å². The molecular formula is C20H23ClN4O. The molecule has 0 aliphatic carbocycles. The van der Waals surface area contributed by atoms with E-state index in [2.05, 4.69) is 22.1 Å². The fraction of sp³-hybridized carbons (Fsp3) is 0.300. The Labute approximate surface area is 159 Å². The molecule has 1 aliphatic heterocycles. The van der Waals surface area contributed by atoms with Crippen LogP contribution < -0.4 is 5.73 Å². The molecule has 6 heteroatoms. The second-order valence-electron chi connectivity index (χ2n) is 6.70. The van der Waals surface area contributed by atoms with E-state index in [0.717, 1.165) is 29.7 Å². The van der Waals surface area contributed by atoms with Gasteiger partial charge in [0.2, 0.25) is 5.91 Å². The molecule has 1 fully saturated rings. The lowest BCUT2D eigenvalue weighted by molar-refractivity contribution is -0.129. The van der Waals surface area contributed by atoms with E-state index in [1.807, 2.05) is 41.4 Å². The van der Waals surface area contributed by atoms with Gasteiger partial charge in [-0.15, -0.1) is 12.4 Å². The maximum absolute atomic E-state index is 12.8. The zero-order valence-corrected chi connectivity index (χ0v) is 15.3. The minimum absolute atomic E-state index is 0. The number of H-pyrrole nitrogens is 1. The zero-order chi connectivity index (χ0) is 17.2. The lowest BCUT2D eigenvalue weighted by Gasteiger charge is -2.16. The summed E-state index contributed by atoms with van der Waals surface area (Å²) in [6.45, 7) is 2.07. The van der Waals surface area contributed by atoms with Crippen LogP contribution >= 0.6 is 12.4 Å². The summed E-state index contributed by atoms with van der Waals surface area (Å²) in [5.41, 5.74) is 9.08. The number of carbonyl (C=O) groups excluding carboxylic acids is 1. The summed E-state index contributed by atoms with van der Waals surface area (Å²) in [4.78, 5) is 22.2. The van der Waals surface area contributed by atoms with Crippen molar-refractivity contribution in [3.8, 4) is 0 Å². The first-order chi connectivity index (χ1) is 12.3.